The summed E-state index contributed by atoms with van der Waals surface area (Å²) >= 11 is 0. The number of benzene rings is 3. The van der Waals surface area contributed by atoms with Gasteiger partial charge in [-0.2, -0.15) is 0 Å². The van der Waals surface area contributed by atoms with Crippen LogP contribution in [0.25, 0.3) is 0 Å². The van der Waals surface area contributed by atoms with Crippen LogP contribution in [-0.4, -0.2) is 33.0 Å². The molecule has 34 heavy (non-hydrogen) atoms. The van der Waals surface area contributed by atoms with Crippen molar-refractivity contribution in [3.63, 3.8) is 0 Å². The summed E-state index contributed by atoms with van der Waals surface area (Å²) in [6.07, 6.45) is 1.96. The fraction of sp³-hybridized carbons (Fsp3) is 0.231. The van der Waals surface area contributed by atoms with Crippen molar-refractivity contribution in [2.75, 3.05) is 22.4 Å². The zero-order valence-corrected chi connectivity index (χ0v) is 20.4. The van der Waals surface area contributed by atoms with Gasteiger partial charge in [0, 0.05) is 12.1 Å². The van der Waals surface area contributed by atoms with Crippen molar-refractivity contribution in [2.24, 2.45) is 0 Å². The van der Waals surface area contributed by atoms with Gasteiger partial charge in [0.15, 0.2) is 0 Å². The average molecular weight is 480 g/mol. The van der Waals surface area contributed by atoms with E-state index < -0.39 is 15.9 Å². The molecule has 0 aliphatic carbocycles. The largest absolute Gasteiger partial charge is 0.352 e. The number of sulfonamides is 1. The quantitative estimate of drug-likeness (QED) is 0.477. The van der Waals surface area contributed by atoms with Gasteiger partial charge in [-0.05, 0) is 55.3 Å². The first kappa shape index (κ1) is 25.0. The van der Waals surface area contributed by atoms with Gasteiger partial charge in [-0.1, -0.05) is 48.9 Å². The molecular formula is C26H29N3O4S. The van der Waals surface area contributed by atoms with Crippen LogP contribution in [0, 0.1) is 6.92 Å². The second-order valence-electron chi connectivity index (χ2n) is 8.06. The molecule has 178 valence electrons. The number of carbonyl (C=O) groups is 2. The van der Waals surface area contributed by atoms with Crippen LogP contribution in [0.5, 0.6) is 0 Å². The maximum Gasteiger partial charge on any atom is 0.255 e. The SMILES string of the molecule is CCCNC(=O)c1ccccc1NC(=O)c1ccc(N(Cc2ccc(C)cc2)S(C)(=O)=O)cc1. The van der Waals surface area contributed by atoms with Gasteiger partial charge in [0.1, 0.15) is 0 Å². The highest BCUT2D eigenvalue weighted by atomic mass is 32.2. The molecule has 0 heterocycles. The van der Waals surface area contributed by atoms with Gasteiger partial charge in [-0.25, -0.2) is 8.42 Å². The van der Waals surface area contributed by atoms with Gasteiger partial charge < -0.3 is 10.6 Å². The molecule has 0 fully saturated rings. The van der Waals surface area contributed by atoms with Crippen LogP contribution < -0.4 is 14.9 Å². The molecule has 0 atom stereocenters. The van der Waals surface area contributed by atoms with Crippen molar-refractivity contribution < 1.29 is 18.0 Å². The van der Waals surface area contributed by atoms with E-state index in [-0.39, 0.29) is 12.5 Å². The number of hydrogen-bond donors (Lipinski definition) is 2. The summed E-state index contributed by atoms with van der Waals surface area (Å²) in [7, 11) is -3.54. The van der Waals surface area contributed by atoms with E-state index in [0.29, 0.717) is 29.0 Å². The molecule has 3 rings (SSSR count). The molecule has 2 N–H and O–H groups in total. The highest BCUT2D eigenvalue weighted by Crippen LogP contribution is 2.23. The highest BCUT2D eigenvalue weighted by molar-refractivity contribution is 7.92. The number of aryl methyl sites for hydroxylation is 1. The molecular weight excluding hydrogens is 450 g/mol. The number of nitrogens with zero attached hydrogens (tertiary/aromatic N) is 1. The number of rotatable bonds is 9. The number of carbonyl (C=O) groups excluding carboxylic acids is 2. The van der Waals surface area contributed by atoms with Crippen LogP contribution in [-0.2, 0) is 16.6 Å². The van der Waals surface area contributed by atoms with E-state index >= 15 is 0 Å². The molecule has 0 spiro atoms. The number of nitrogens with one attached hydrogen (secondary N) is 2. The monoisotopic (exact) mass is 479 g/mol. The van der Waals surface area contributed by atoms with Crippen molar-refractivity contribution in [1.29, 1.82) is 0 Å². The lowest BCUT2D eigenvalue weighted by molar-refractivity contribution is 0.0954. The summed E-state index contributed by atoms with van der Waals surface area (Å²) in [5.74, 6) is -0.653. The predicted molar refractivity (Wildman–Crippen MR) is 136 cm³/mol. The van der Waals surface area contributed by atoms with E-state index in [9.17, 15) is 18.0 Å². The number of amides is 2. The Hall–Kier alpha value is -3.65. The minimum atomic E-state index is -3.54. The summed E-state index contributed by atoms with van der Waals surface area (Å²) in [6, 6.07) is 20.8. The van der Waals surface area contributed by atoms with Crippen molar-refractivity contribution in [2.45, 2.75) is 26.8 Å². The van der Waals surface area contributed by atoms with Crippen molar-refractivity contribution >= 4 is 33.2 Å². The lowest BCUT2D eigenvalue weighted by Gasteiger charge is -2.23. The Morgan fingerprint density at radius 1 is 0.882 bits per heavy atom. The number of anilines is 2. The first-order valence-electron chi connectivity index (χ1n) is 11.0. The average Bonchev–Trinajstić information content (AvgIpc) is 2.82. The molecule has 0 saturated heterocycles. The van der Waals surface area contributed by atoms with E-state index in [0.717, 1.165) is 23.8 Å². The third kappa shape index (κ3) is 6.45. The minimum Gasteiger partial charge on any atom is -0.352 e. The maximum atomic E-state index is 12.8. The number of hydrogen-bond acceptors (Lipinski definition) is 4. The van der Waals surface area contributed by atoms with E-state index in [1.54, 1.807) is 48.5 Å². The smallest absolute Gasteiger partial charge is 0.255 e. The predicted octanol–water partition coefficient (Wildman–Crippen LogP) is 4.35. The zero-order chi connectivity index (χ0) is 24.7. The molecule has 3 aromatic rings. The summed E-state index contributed by atoms with van der Waals surface area (Å²) in [5, 5.41) is 5.58. The van der Waals surface area contributed by atoms with Crippen molar-refractivity contribution in [1.82, 2.24) is 5.32 Å². The second kappa shape index (κ2) is 11.0. The van der Waals surface area contributed by atoms with Gasteiger partial charge in [0.05, 0.1) is 29.7 Å². The molecule has 0 aromatic heterocycles. The molecule has 0 aliphatic rings. The van der Waals surface area contributed by atoms with Crippen LogP contribution in [0.3, 0.4) is 0 Å². The standard InChI is InChI=1S/C26H29N3O4S/c1-4-17-27-26(31)23-7-5-6-8-24(23)28-25(30)21-13-15-22(16-14-21)29(34(3,32)33)18-20-11-9-19(2)10-12-20/h5-16H,4,17-18H2,1-3H3,(H,27,31)(H,28,30). The fourth-order valence-corrected chi connectivity index (χ4v) is 4.25. The van der Waals surface area contributed by atoms with Gasteiger partial charge in [-0.3, -0.25) is 13.9 Å². The second-order valence-corrected chi connectivity index (χ2v) is 9.96. The van der Waals surface area contributed by atoms with E-state index in [1.807, 2.05) is 38.1 Å². The lowest BCUT2D eigenvalue weighted by atomic mass is 10.1. The van der Waals surface area contributed by atoms with Crippen molar-refractivity contribution in [3.8, 4) is 0 Å². The Kier molecular flexibility index (Phi) is 8.07. The lowest BCUT2D eigenvalue weighted by Crippen LogP contribution is -2.29. The van der Waals surface area contributed by atoms with Crippen LogP contribution >= 0.6 is 0 Å². The molecule has 2 amide bonds. The van der Waals surface area contributed by atoms with E-state index in [2.05, 4.69) is 10.6 Å². The maximum absolute atomic E-state index is 12.8. The summed E-state index contributed by atoms with van der Waals surface area (Å²) in [5.41, 5.74) is 3.53. The molecule has 0 unspecified atom stereocenters. The molecule has 8 heteroatoms. The van der Waals surface area contributed by atoms with Crippen LogP contribution in [0.1, 0.15) is 45.2 Å². The first-order chi connectivity index (χ1) is 16.2. The third-order valence-corrected chi connectivity index (χ3v) is 6.36. The topological polar surface area (TPSA) is 95.6 Å². The zero-order valence-electron chi connectivity index (χ0n) is 19.5. The third-order valence-electron chi connectivity index (χ3n) is 5.22. The molecule has 0 saturated carbocycles. The van der Waals surface area contributed by atoms with Gasteiger partial charge in [0.25, 0.3) is 11.8 Å². The molecule has 0 bridgehead atoms. The highest BCUT2D eigenvalue weighted by Gasteiger charge is 2.19. The Labute approximate surface area is 200 Å². The van der Waals surface area contributed by atoms with Gasteiger partial charge >= 0.3 is 0 Å². The van der Waals surface area contributed by atoms with Crippen LogP contribution in [0.2, 0.25) is 0 Å². The molecule has 0 aliphatic heterocycles. The summed E-state index contributed by atoms with van der Waals surface area (Å²) in [6.45, 7) is 4.66. The normalized spacial score (nSPS) is 11.0. The minimum absolute atomic E-state index is 0.185. The molecule has 0 radical (unpaired) electrons. The first-order valence-corrected chi connectivity index (χ1v) is 12.9. The van der Waals surface area contributed by atoms with Gasteiger partial charge in [0.2, 0.25) is 10.0 Å². The molecule has 7 nitrogen and oxygen atoms in total. The van der Waals surface area contributed by atoms with E-state index in [4.69, 9.17) is 0 Å². The van der Waals surface area contributed by atoms with Crippen LogP contribution in [0.15, 0.2) is 72.8 Å². The molecule has 3 aromatic carbocycles. The number of para-hydroxylation sites is 1. The Bertz CT molecular complexity index is 1250. The summed E-state index contributed by atoms with van der Waals surface area (Å²) in [4.78, 5) is 25.2. The fourth-order valence-electron chi connectivity index (χ4n) is 3.36. The van der Waals surface area contributed by atoms with Crippen molar-refractivity contribution in [3.05, 3.63) is 95.1 Å². The Balaban J connectivity index is 1.78. The Morgan fingerprint density at radius 2 is 1.53 bits per heavy atom. The van der Waals surface area contributed by atoms with Crippen LogP contribution in [0.4, 0.5) is 11.4 Å². The summed E-state index contributed by atoms with van der Waals surface area (Å²) < 4.78 is 26.2. The van der Waals surface area contributed by atoms with E-state index in [1.165, 1.54) is 4.31 Å². The van der Waals surface area contributed by atoms with Gasteiger partial charge in [-0.15, -0.1) is 0 Å². The Morgan fingerprint density at radius 3 is 2.15 bits per heavy atom.